The normalized spacial score (nSPS) is 17.4. The number of benzene rings is 3. The van der Waals surface area contributed by atoms with E-state index in [2.05, 4.69) is 11.8 Å². The fraction of sp³-hybridized carbons (Fsp3) is 0.250. The summed E-state index contributed by atoms with van der Waals surface area (Å²) in [7, 11) is -3.79. The van der Waals surface area contributed by atoms with E-state index in [4.69, 9.17) is 46.4 Å². The summed E-state index contributed by atoms with van der Waals surface area (Å²) in [5.74, 6) is 0. The Labute approximate surface area is 214 Å². The van der Waals surface area contributed by atoms with Crippen LogP contribution < -0.4 is 4.90 Å². The number of anilines is 1. The molecule has 0 aromatic heterocycles. The first-order chi connectivity index (χ1) is 15.7. The number of aryl methyl sites for hydroxylation is 1. The predicted octanol–water partition coefficient (Wildman–Crippen LogP) is 7.11. The SMILES string of the molecule is CCc1cc(Cl)ccc1N1CCN(S(=O)(=O)c2cc(Cl)cc(Cl)c2)CC1c1ccc(Cl)cc1. The highest BCUT2D eigenvalue weighted by Crippen LogP contribution is 2.37. The highest BCUT2D eigenvalue weighted by Gasteiger charge is 2.36. The van der Waals surface area contributed by atoms with Crippen molar-refractivity contribution in [2.75, 3.05) is 24.5 Å². The number of piperazine rings is 1. The fourth-order valence-electron chi connectivity index (χ4n) is 4.18. The molecule has 1 saturated heterocycles. The van der Waals surface area contributed by atoms with Gasteiger partial charge in [-0.25, -0.2) is 8.42 Å². The zero-order valence-electron chi connectivity index (χ0n) is 17.8. The van der Waals surface area contributed by atoms with Gasteiger partial charge in [-0.2, -0.15) is 4.31 Å². The number of nitrogens with zero attached hydrogens (tertiary/aromatic N) is 2. The number of hydrogen-bond donors (Lipinski definition) is 0. The van der Waals surface area contributed by atoms with Crippen molar-refractivity contribution in [2.45, 2.75) is 24.3 Å². The van der Waals surface area contributed by atoms with E-state index in [1.807, 2.05) is 42.5 Å². The second kappa shape index (κ2) is 10.0. The van der Waals surface area contributed by atoms with Crippen LogP contribution in [-0.2, 0) is 16.4 Å². The quantitative estimate of drug-likeness (QED) is 0.344. The molecular weight excluding hydrogens is 522 g/mol. The first-order valence-electron chi connectivity index (χ1n) is 10.5. The summed E-state index contributed by atoms with van der Waals surface area (Å²) >= 11 is 24.5. The van der Waals surface area contributed by atoms with Crippen LogP contribution in [0.2, 0.25) is 20.1 Å². The molecule has 3 aromatic rings. The van der Waals surface area contributed by atoms with Crippen LogP contribution in [0.15, 0.2) is 65.6 Å². The molecule has 0 aliphatic carbocycles. The minimum atomic E-state index is -3.79. The molecule has 1 atom stereocenters. The molecule has 1 aliphatic rings. The second-order valence-electron chi connectivity index (χ2n) is 7.86. The van der Waals surface area contributed by atoms with Crippen molar-refractivity contribution < 1.29 is 8.42 Å². The Morgan fingerprint density at radius 3 is 2.09 bits per heavy atom. The van der Waals surface area contributed by atoms with Gasteiger partial charge in [-0.15, -0.1) is 0 Å². The smallest absolute Gasteiger partial charge is 0.243 e. The van der Waals surface area contributed by atoms with Gasteiger partial charge in [0.2, 0.25) is 10.0 Å². The lowest BCUT2D eigenvalue weighted by molar-refractivity contribution is 0.335. The zero-order chi connectivity index (χ0) is 23.8. The van der Waals surface area contributed by atoms with Crippen molar-refractivity contribution >= 4 is 62.1 Å². The molecule has 1 fully saturated rings. The summed E-state index contributed by atoms with van der Waals surface area (Å²) < 4.78 is 28.5. The van der Waals surface area contributed by atoms with Crippen LogP contribution in [0.4, 0.5) is 5.69 Å². The van der Waals surface area contributed by atoms with Gasteiger partial charge >= 0.3 is 0 Å². The number of sulfonamides is 1. The highest BCUT2D eigenvalue weighted by molar-refractivity contribution is 7.89. The van der Waals surface area contributed by atoms with Crippen molar-refractivity contribution in [3.05, 3.63) is 91.9 Å². The molecule has 33 heavy (non-hydrogen) atoms. The van der Waals surface area contributed by atoms with E-state index in [9.17, 15) is 8.42 Å². The predicted molar refractivity (Wildman–Crippen MR) is 138 cm³/mol. The molecule has 3 aromatic carbocycles. The molecule has 174 valence electrons. The van der Waals surface area contributed by atoms with E-state index in [1.54, 1.807) is 0 Å². The van der Waals surface area contributed by atoms with Crippen molar-refractivity contribution in [1.82, 2.24) is 4.31 Å². The van der Waals surface area contributed by atoms with Gasteiger partial charge in [0.05, 0.1) is 10.9 Å². The van der Waals surface area contributed by atoms with Crippen LogP contribution in [0.1, 0.15) is 24.1 Å². The lowest BCUT2D eigenvalue weighted by Gasteiger charge is -2.43. The third kappa shape index (κ3) is 5.29. The fourth-order valence-corrected chi connectivity index (χ4v) is 6.66. The maximum Gasteiger partial charge on any atom is 0.243 e. The Balaban J connectivity index is 1.75. The van der Waals surface area contributed by atoms with Gasteiger partial charge in [0.15, 0.2) is 0 Å². The first kappa shape index (κ1) is 24.6. The second-order valence-corrected chi connectivity index (χ2v) is 11.5. The lowest BCUT2D eigenvalue weighted by Crippen LogP contribution is -2.50. The summed E-state index contributed by atoms with van der Waals surface area (Å²) in [6.45, 7) is 3.17. The van der Waals surface area contributed by atoms with Crippen LogP contribution in [0.3, 0.4) is 0 Å². The molecule has 0 spiro atoms. The monoisotopic (exact) mass is 542 g/mol. The summed E-state index contributed by atoms with van der Waals surface area (Å²) in [6, 6.07) is 17.5. The Hall–Kier alpha value is -1.47. The van der Waals surface area contributed by atoms with Gasteiger partial charge in [0.25, 0.3) is 0 Å². The third-order valence-corrected chi connectivity index (χ3v) is 8.57. The molecule has 4 rings (SSSR count). The Morgan fingerprint density at radius 1 is 0.818 bits per heavy atom. The molecule has 1 aliphatic heterocycles. The van der Waals surface area contributed by atoms with Crippen molar-refractivity contribution in [1.29, 1.82) is 0 Å². The van der Waals surface area contributed by atoms with E-state index >= 15 is 0 Å². The molecule has 9 heteroatoms. The number of hydrogen-bond acceptors (Lipinski definition) is 3. The summed E-state index contributed by atoms with van der Waals surface area (Å²) in [5, 5.41) is 1.86. The molecule has 1 heterocycles. The largest absolute Gasteiger partial charge is 0.362 e. The average Bonchev–Trinajstić information content (AvgIpc) is 2.78. The van der Waals surface area contributed by atoms with Crippen LogP contribution in [-0.4, -0.2) is 32.4 Å². The van der Waals surface area contributed by atoms with Crippen molar-refractivity contribution in [3.8, 4) is 0 Å². The highest BCUT2D eigenvalue weighted by atomic mass is 35.5. The van der Waals surface area contributed by atoms with Gasteiger partial charge in [-0.05, 0) is 66.1 Å². The van der Waals surface area contributed by atoms with Crippen LogP contribution >= 0.6 is 46.4 Å². The number of rotatable bonds is 5. The van der Waals surface area contributed by atoms with Gasteiger partial charge < -0.3 is 4.90 Å². The molecular formula is C24H22Cl4N2O2S. The van der Waals surface area contributed by atoms with Crippen molar-refractivity contribution in [2.24, 2.45) is 0 Å². The Morgan fingerprint density at radius 2 is 1.45 bits per heavy atom. The van der Waals surface area contributed by atoms with Gasteiger partial charge in [0.1, 0.15) is 0 Å². The van der Waals surface area contributed by atoms with Crippen LogP contribution in [0.5, 0.6) is 0 Å². The van der Waals surface area contributed by atoms with E-state index in [1.165, 1.54) is 22.5 Å². The maximum atomic E-state index is 13.5. The van der Waals surface area contributed by atoms with E-state index in [-0.39, 0.29) is 27.5 Å². The summed E-state index contributed by atoms with van der Waals surface area (Å²) in [6.07, 6.45) is 0.808. The minimum absolute atomic E-state index is 0.0871. The number of halogens is 4. The Kier molecular flexibility index (Phi) is 7.49. The molecule has 0 amide bonds. The van der Waals surface area contributed by atoms with Gasteiger partial charge in [-0.3, -0.25) is 0 Å². The van der Waals surface area contributed by atoms with Gasteiger partial charge in [-0.1, -0.05) is 65.5 Å². The minimum Gasteiger partial charge on any atom is -0.362 e. The van der Waals surface area contributed by atoms with E-state index in [0.717, 1.165) is 23.2 Å². The molecule has 0 radical (unpaired) electrons. The maximum absolute atomic E-state index is 13.5. The lowest BCUT2D eigenvalue weighted by atomic mass is 10.0. The molecule has 0 N–H and O–H groups in total. The zero-order valence-corrected chi connectivity index (χ0v) is 21.7. The Bertz CT molecular complexity index is 1250. The van der Waals surface area contributed by atoms with Crippen LogP contribution in [0, 0.1) is 0 Å². The molecule has 0 saturated carbocycles. The summed E-state index contributed by atoms with van der Waals surface area (Å²) in [4.78, 5) is 2.33. The molecule has 4 nitrogen and oxygen atoms in total. The van der Waals surface area contributed by atoms with Gasteiger partial charge in [0, 0.05) is 45.4 Å². The van der Waals surface area contributed by atoms with Crippen LogP contribution in [0.25, 0.3) is 0 Å². The van der Waals surface area contributed by atoms with E-state index in [0.29, 0.717) is 23.1 Å². The summed E-state index contributed by atoms with van der Waals surface area (Å²) in [5.41, 5.74) is 3.13. The average molecular weight is 544 g/mol. The standard InChI is InChI=1S/C24H22Cl4N2O2S/c1-2-16-11-19(26)7-8-23(16)30-10-9-29(15-24(30)17-3-5-18(25)6-4-17)33(31,32)22-13-20(27)12-21(28)14-22/h3-8,11-14,24H,2,9-10,15H2,1H3. The molecule has 0 bridgehead atoms. The van der Waals surface area contributed by atoms with Crippen molar-refractivity contribution in [3.63, 3.8) is 0 Å². The third-order valence-electron chi connectivity index (χ3n) is 5.80. The molecule has 1 unspecified atom stereocenters. The first-order valence-corrected chi connectivity index (χ1v) is 13.4. The topological polar surface area (TPSA) is 40.6 Å². The van der Waals surface area contributed by atoms with E-state index < -0.39 is 10.0 Å².